The second kappa shape index (κ2) is 12.6. The average Bonchev–Trinajstić information content (AvgIpc) is 2.95. The van der Waals surface area contributed by atoms with E-state index in [-0.39, 0.29) is 21.2 Å². The minimum atomic E-state index is -4.15. The number of para-hydroxylation sites is 2. The van der Waals surface area contributed by atoms with Gasteiger partial charge >= 0.3 is 0 Å². The molecule has 9 nitrogen and oxygen atoms in total. The summed E-state index contributed by atoms with van der Waals surface area (Å²) in [6.07, 6.45) is 0. The fraction of sp³-hybridized carbons (Fsp3) is 0.138. The first-order valence-electron chi connectivity index (χ1n) is 12.5. The molecule has 0 spiro atoms. The molecule has 12 heteroatoms. The highest BCUT2D eigenvalue weighted by Gasteiger charge is 2.29. The Balaban J connectivity index is 1.56. The van der Waals surface area contributed by atoms with Gasteiger partial charge in [0.1, 0.15) is 12.3 Å². The Labute approximate surface area is 244 Å². The third-order valence-corrected chi connectivity index (χ3v) is 9.58. The maximum atomic E-state index is 13.6. The molecule has 2 N–H and O–H groups in total. The van der Waals surface area contributed by atoms with Crippen LogP contribution in [0.4, 0.5) is 17.1 Å². The molecule has 0 aliphatic carbocycles. The number of carbonyl (C=O) groups excluding carboxylic acids is 1. The smallest absolute Gasteiger partial charge is 0.264 e. The summed E-state index contributed by atoms with van der Waals surface area (Å²) in [5.74, 6) is -0.335. The average molecular weight is 614 g/mol. The first kappa shape index (κ1) is 29.9. The van der Waals surface area contributed by atoms with Gasteiger partial charge in [-0.25, -0.2) is 16.8 Å². The number of ether oxygens (including phenoxy) is 1. The van der Waals surface area contributed by atoms with Gasteiger partial charge in [-0.3, -0.25) is 13.8 Å². The highest BCUT2D eigenvalue weighted by Crippen LogP contribution is 2.32. The molecule has 0 radical (unpaired) electrons. The van der Waals surface area contributed by atoms with Crippen molar-refractivity contribution in [3.05, 3.63) is 108 Å². The van der Waals surface area contributed by atoms with E-state index in [1.165, 1.54) is 36.4 Å². The highest BCUT2D eigenvalue weighted by atomic mass is 35.5. The SMILES string of the molecule is CCOc1ccccc1N(CC(=O)Nc1ccc(S(=O)(=O)Nc2cccc(Cl)c2C)cc1)S(=O)(=O)c1ccccc1. The van der Waals surface area contributed by atoms with Crippen molar-refractivity contribution in [2.45, 2.75) is 23.6 Å². The normalized spacial score (nSPS) is 11.5. The molecule has 0 heterocycles. The van der Waals surface area contributed by atoms with Crippen molar-refractivity contribution in [1.29, 1.82) is 0 Å². The van der Waals surface area contributed by atoms with Gasteiger partial charge in [-0.2, -0.15) is 0 Å². The summed E-state index contributed by atoms with van der Waals surface area (Å²) in [5, 5.41) is 3.07. The molecule has 1 amide bonds. The molecule has 0 unspecified atom stereocenters. The summed E-state index contributed by atoms with van der Waals surface area (Å²) in [5.41, 5.74) is 1.42. The lowest BCUT2D eigenvalue weighted by Gasteiger charge is -2.26. The van der Waals surface area contributed by atoms with E-state index in [0.717, 1.165) is 4.31 Å². The molecule has 41 heavy (non-hydrogen) atoms. The van der Waals surface area contributed by atoms with Gasteiger partial charge in [-0.05, 0) is 80.1 Å². The van der Waals surface area contributed by atoms with Crippen LogP contribution in [0.25, 0.3) is 0 Å². The summed E-state index contributed by atoms with van der Waals surface area (Å²) >= 11 is 6.10. The lowest BCUT2D eigenvalue weighted by molar-refractivity contribution is -0.114. The lowest BCUT2D eigenvalue weighted by Crippen LogP contribution is -2.38. The Hall–Kier alpha value is -4.06. The lowest BCUT2D eigenvalue weighted by atomic mass is 10.2. The Morgan fingerprint density at radius 2 is 1.49 bits per heavy atom. The number of carbonyl (C=O) groups is 1. The molecule has 214 valence electrons. The van der Waals surface area contributed by atoms with Crippen molar-refractivity contribution < 1.29 is 26.4 Å². The maximum Gasteiger partial charge on any atom is 0.264 e. The Kier molecular flexibility index (Phi) is 9.21. The highest BCUT2D eigenvalue weighted by molar-refractivity contribution is 7.93. The van der Waals surface area contributed by atoms with Crippen molar-refractivity contribution in [3.8, 4) is 5.75 Å². The number of hydrogen-bond acceptors (Lipinski definition) is 6. The predicted molar refractivity (Wildman–Crippen MR) is 161 cm³/mol. The predicted octanol–water partition coefficient (Wildman–Crippen LogP) is 5.68. The van der Waals surface area contributed by atoms with Crippen LogP contribution >= 0.6 is 11.6 Å². The standard InChI is InChI=1S/C29H28ClN3O6S2/c1-3-39-28-15-8-7-14-27(28)33(41(37,38)24-10-5-4-6-11-24)20-29(34)31-22-16-18-23(19-17-22)40(35,36)32-26-13-9-12-25(30)21(26)2/h4-19,32H,3,20H2,1-2H3,(H,31,34). The van der Waals surface area contributed by atoms with Crippen LogP contribution in [0.5, 0.6) is 5.75 Å². The quantitative estimate of drug-likeness (QED) is 0.224. The number of halogens is 1. The first-order chi connectivity index (χ1) is 19.5. The first-order valence-corrected chi connectivity index (χ1v) is 15.8. The van der Waals surface area contributed by atoms with E-state index < -0.39 is 32.5 Å². The monoisotopic (exact) mass is 613 g/mol. The van der Waals surface area contributed by atoms with Crippen LogP contribution in [0, 0.1) is 6.92 Å². The number of benzene rings is 4. The Morgan fingerprint density at radius 3 is 2.17 bits per heavy atom. The van der Waals surface area contributed by atoms with E-state index in [2.05, 4.69) is 10.0 Å². The topological polar surface area (TPSA) is 122 Å². The molecule has 0 bridgehead atoms. The van der Waals surface area contributed by atoms with Gasteiger partial charge in [0, 0.05) is 10.7 Å². The van der Waals surface area contributed by atoms with Gasteiger partial charge in [0.2, 0.25) is 5.91 Å². The van der Waals surface area contributed by atoms with E-state index in [0.29, 0.717) is 28.6 Å². The zero-order chi connectivity index (χ0) is 29.6. The van der Waals surface area contributed by atoms with E-state index in [1.54, 1.807) is 74.5 Å². The van der Waals surface area contributed by atoms with E-state index in [9.17, 15) is 21.6 Å². The molecular weight excluding hydrogens is 586 g/mol. The van der Waals surface area contributed by atoms with Crippen molar-refractivity contribution in [2.75, 3.05) is 27.5 Å². The number of anilines is 3. The fourth-order valence-electron chi connectivity index (χ4n) is 3.93. The Bertz CT molecular complexity index is 1750. The van der Waals surface area contributed by atoms with Crippen LogP contribution in [0.3, 0.4) is 0 Å². The fourth-order valence-corrected chi connectivity index (χ4v) is 6.68. The molecule has 4 rings (SSSR count). The van der Waals surface area contributed by atoms with Crippen LogP contribution in [-0.4, -0.2) is 35.9 Å². The minimum absolute atomic E-state index is 0.0103. The molecule has 0 fully saturated rings. The Morgan fingerprint density at radius 1 is 0.829 bits per heavy atom. The van der Waals surface area contributed by atoms with Crippen LogP contribution in [0.1, 0.15) is 12.5 Å². The molecule has 0 aliphatic rings. The molecule has 0 atom stereocenters. The largest absolute Gasteiger partial charge is 0.492 e. The molecule has 4 aromatic carbocycles. The van der Waals surface area contributed by atoms with Crippen molar-refractivity contribution >= 4 is 54.6 Å². The van der Waals surface area contributed by atoms with Gasteiger partial charge in [0.15, 0.2) is 0 Å². The van der Waals surface area contributed by atoms with Crippen molar-refractivity contribution in [1.82, 2.24) is 0 Å². The van der Waals surface area contributed by atoms with Gasteiger partial charge < -0.3 is 10.1 Å². The van der Waals surface area contributed by atoms with Crippen molar-refractivity contribution in [3.63, 3.8) is 0 Å². The summed E-state index contributed by atoms with van der Waals surface area (Å²) in [6, 6.07) is 24.7. The minimum Gasteiger partial charge on any atom is -0.492 e. The van der Waals surface area contributed by atoms with Gasteiger partial charge in [0.25, 0.3) is 20.0 Å². The summed E-state index contributed by atoms with van der Waals surface area (Å²) in [6.45, 7) is 3.21. The molecular formula is C29H28ClN3O6S2. The second-order valence-corrected chi connectivity index (χ2v) is 12.8. The molecule has 0 aliphatic heterocycles. The zero-order valence-electron chi connectivity index (χ0n) is 22.2. The van der Waals surface area contributed by atoms with Crippen molar-refractivity contribution in [2.24, 2.45) is 0 Å². The van der Waals surface area contributed by atoms with E-state index in [1.807, 2.05) is 0 Å². The van der Waals surface area contributed by atoms with Crippen LogP contribution < -0.4 is 19.1 Å². The summed E-state index contributed by atoms with van der Waals surface area (Å²) in [7, 11) is -8.09. The number of nitrogens with one attached hydrogen (secondary N) is 2. The summed E-state index contributed by atoms with van der Waals surface area (Å²) < 4.78 is 62.2. The van der Waals surface area contributed by atoms with Gasteiger partial charge in [-0.1, -0.05) is 48.0 Å². The maximum absolute atomic E-state index is 13.6. The molecule has 0 saturated heterocycles. The zero-order valence-corrected chi connectivity index (χ0v) is 24.6. The third-order valence-electron chi connectivity index (χ3n) is 6.01. The van der Waals surface area contributed by atoms with Crippen LogP contribution in [0.15, 0.2) is 107 Å². The number of rotatable bonds is 11. The van der Waals surface area contributed by atoms with Gasteiger partial charge in [-0.15, -0.1) is 0 Å². The second-order valence-electron chi connectivity index (χ2n) is 8.82. The van der Waals surface area contributed by atoms with E-state index >= 15 is 0 Å². The number of sulfonamides is 2. The molecule has 0 saturated carbocycles. The molecule has 4 aromatic rings. The number of nitrogens with zero attached hydrogens (tertiary/aromatic N) is 1. The van der Waals surface area contributed by atoms with Crippen LogP contribution in [0.2, 0.25) is 5.02 Å². The third kappa shape index (κ3) is 6.99. The van der Waals surface area contributed by atoms with E-state index in [4.69, 9.17) is 16.3 Å². The van der Waals surface area contributed by atoms with Gasteiger partial charge in [0.05, 0.1) is 27.8 Å². The number of hydrogen-bond donors (Lipinski definition) is 2. The number of amides is 1. The van der Waals surface area contributed by atoms with Crippen LogP contribution in [-0.2, 0) is 24.8 Å². The molecule has 0 aromatic heterocycles. The summed E-state index contributed by atoms with van der Waals surface area (Å²) in [4.78, 5) is 13.1.